The van der Waals surface area contributed by atoms with E-state index in [1.807, 2.05) is 30.0 Å². The second-order valence-electron chi connectivity index (χ2n) is 7.64. The van der Waals surface area contributed by atoms with E-state index in [4.69, 9.17) is 0 Å². The lowest BCUT2D eigenvalue weighted by atomic mass is 9.87. The molecule has 5 nitrogen and oxygen atoms in total. The summed E-state index contributed by atoms with van der Waals surface area (Å²) in [6, 6.07) is 17.4. The highest BCUT2D eigenvalue weighted by Crippen LogP contribution is 2.34. The molecule has 2 atom stereocenters. The van der Waals surface area contributed by atoms with Crippen LogP contribution in [0.1, 0.15) is 61.4 Å². The van der Waals surface area contributed by atoms with Crippen LogP contribution < -0.4 is 4.72 Å². The standard InChI is InChI=1S/C23H30N2O3S/c1-3-16-29(27,28)24-20-13-8-12-19(17-20)23(26)25-15-9-14-22(25)21(4-2)18-10-6-5-7-11-18/h5-8,10-13,17,21-22,24H,3-4,9,14-16H2,1-2H3/t21-,22-/m0/s1. The molecular formula is C23H30N2O3S. The van der Waals surface area contributed by atoms with Crippen molar-refractivity contribution in [2.24, 2.45) is 0 Å². The summed E-state index contributed by atoms with van der Waals surface area (Å²) in [6.07, 6.45) is 3.49. The largest absolute Gasteiger partial charge is 0.335 e. The van der Waals surface area contributed by atoms with Gasteiger partial charge in [-0.1, -0.05) is 50.2 Å². The van der Waals surface area contributed by atoms with Crippen molar-refractivity contribution in [3.05, 3.63) is 65.7 Å². The number of likely N-dealkylation sites (tertiary alicyclic amines) is 1. The van der Waals surface area contributed by atoms with Crippen LogP contribution >= 0.6 is 0 Å². The topological polar surface area (TPSA) is 66.5 Å². The number of anilines is 1. The predicted octanol–water partition coefficient (Wildman–Crippen LogP) is 4.64. The fourth-order valence-corrected chi connectivity index (χ4v) is 5.40. The maximum atomic E-state index is 13.3. The van der Waals surface area contributed by atoms with Crippen LogP contribution in [0.25, 0.3) is 0 Å². The first-order valence-electron chi connectivity index (χ1n) is 10.4. The monoisotopic (exact) mass is 414 g/mol. The molecule has 0 spiro atoms. The van der Waals surface area contributed by atoms with Crippen LogP contribution in [0, 0.1) is 0 Å². The number of rotatable bonds is 8. The third-order valence-electron chi connectivity index (χ3n) is 5.55. The summed E-state index contributed by atoms with van der Waals surface area (Å²) in [5, 5.41) is 0. The van der Waals surface area contributed by atoms with Gasteiger partial charge in [0.1, 0.15) is 0 Å². The maximum Gasteiger partial charge on any atom is 0.254 e. The molecule has 2 aromatic rings. The van der Waals surface area contributed by atoms with E-state index in [0.717, 1.165) is 25.8 Å². The zero-order valence-electron chi connectivity index (χ0n) is 17.2. The number of carbonyl (C=O) groups is 1. The Bertz CT molecular complexity index is 928. The quantitative estimate of drug-likeness (QED) is 0.684. The van der Waals surface area contributed by atoms with Gasteiger partial charge >= 0.3 is 0 Å². The third-order valence-corrected chi connectivity index (χ3v) is 7.04. The van der Waals surface area contributed by atoms with E-state index in [2.05, 4.69) is 23.8 Å². The molecule has 1 aliphatic heterocycles. The van der Waals surface area contributed by atoms with Gasteiger partial charge in [-0.25, -0.2) is 8.42 Å². The number of nitrogens with zero attached hydrogens (tertiary/aromatic N) is 1. The normalized spacial score (nSPS) is 17.9. The summed E-state index contributed by atoms with van der Waals surface area (Å²) >= 11 is 0. The molecule has 0 saturated carbocycles. The van der Waals surface area contributed by atoms with E-state index >= 15 is 0 Å². The first-order valence-corrected chi connectivity index (χ1v) is 12.1. The van der Waals surface area contributed by atoms with Crippen LogP contribution in [0.5, 0.6) is 0 Å². The summed E-state index contributed by atoms with van der Waals surface area (Å²) in [4.78, 5) is 15.3. The van der Waals surface area contributed by atoms with E-state index in [-0.39, 0.29) is 17.7 Å². The van der Waals surface area contributed by atoms with Gasteiger partial charge in [-0.2, -0.15) is 0 Å². The Kier molecular flexibility index (Phi) is 6.96. The van der Waals surface area contributed by atoms with Crippen LogP contribution in [0.4, 0.5) is 5.69 Å². The molecule has 0 aromatic heterocycles. The molecule has 1 amide bonds. The Morgan fingerprint density at radius 2 is 1.90 bits per heavy atom. The van der Waals surface area contributed by atoms with Gasteiger partial charge in [0, 0.05) is 29.8 Å². The van der Waals surface area contributed by atoms with E-state index in [9.17, 15) is 13.2 Å². The van der Waals surface area contributed by atoms with Crippen molar-refractivity contribution in [2.45, 2.75) is 51.5 Å². The van der Waals surface area contributed by atoms with Crippen LogP contribution in [0.3, 0.4) is 0 Å². The second-order valence-corrected chi connectivity index (χ2v) is 9.48. The summed E-state index contributed by atoms with van der Waals surface area (Å²) in [6.45, 7) is 4.73. The lowest BCUT2D eigenvalue weighted by Crippen LogP contribution is -2.39. The average Bonchev–Trinajstić information content (AvgIpc) is 3.18. The molecule has 1 heterocycles. The molecule has 0 aliphatic carbocycles. The molecule has 1 saturated heterocycles. The van der Waals surface area contributed by atoms with Gasteiger partial charge in [-0.05, 0) is 49.4 Å². The van der Waals surface area contributed by atoms with Crippen molar-refractivity contribution in [1.82, 2.24) is 4.90 Å². The van der Waals surface area contributed by atoms with Crippen molar-refractivity contribution < 1.29 is 13.2 Å². The number of amides is 1. The van der Waals surface area contributed by atoms with E-state index in [0.29, 0.717) is 23.6 Å². The first kappa shape index (κ1) is 21.4. The number of nitrogens with one attached hydrogen (secondary N) is 1. The van der Waals surface area contributed by atoms with E-state index < -0.39 is 10.0 Å². The maximum absolute atomic E-state index is 13.3. The van der Waals surface area contributed by atoms with E-state index in [1.165, 1.54) is 5.56 Å². The molecular weight excluding hydrogens is 384 g/mol. The van der Waals surface area contributed by atoms with Gasteiger partial charge in [-0.3, -0.25) is 9.52 Å². The van der Waals surface area contributed by atoms with Crippen molar-refractivity contribution in [3.8, 4) is 0 Å². The molecule has 156 valence electrons. The Balaban J connectivity index is 1.81. The fraction of sp³-hybridized carbons (Fsp3) is 0.435. The van der Waals surface area contributed by atoms with Gasteiger partial charge in [0.05, 0.1) is 5.75 Å². The van der Waals surface area contributed by atoms with Crippen LogP contribution in [-0.4, -0.2) is 37.6 Å². The summed E-state index contributed by atoms with van der Waals surface area (Å²) in [7, 11) is -3.39. The Morgan fingerprint density at radius 1 is 1.14 bits per heavy atom. The first-order chi connectivity index (χ1) is 13.9. The lowest BCUT2D eigenvalue weighted by molar-refractivity contribution is 0.0714. The average molecular weight is 415 g/mol. The molecule has 0 radical (unpaired) electrons. The van der Waals surface area contributed by atoms with Gasteiger partial charge in [0.25, 0.3) is 5.91 Å². The van der Waals surface area contributed by atoms with Crippen LogP contribution in [0.15, 0.2) is 54.6 Å². The molecule has 29 heavy (non-hydrogen) atoms. The zero-order chi connectivity index (χ0) is 20.9. The smallest absolute Gasteiger partial charge is 0.254 e. The summed E-state index contributed by atoms with van der Waals surface area (Å²) < 4.78 is 26.7. The van der Waals surface area contributed by atoms with E-state index in [1.54, 1.807) is 24.3 Å². The second kappa shape index (κ2) is 9.44. The SMILES string of the molecule is CCCS(=O)(=O)Nc1cccc(C(=O)N2CCC[C@H]2[C@@H](CC)c2ccccc2)c1. The molecule has 2 aromatic carbocycles. The van der Waals surface area contributed by atoms with Crippen molar-refractivity contribution >= 4 is 21.6 Å². The minimum absolute atomic E-state index is 0.0292. The minimum Gasteiger partial charge on any atom is -0.335 e. The molecule has 1 N–H and O–H groups in total. The zero-order valence-corrected chi connectivity index (χ0v) is 18.0. The lowest BCUT2D eigenvalue weighted by Gasteiger charge is -2.32. The van der Waals surface area contributed by atoms with Crippen molar-refractivity contribution in [3.63, 3.8) is 0 Å². The number of sulfonamides is 1. The highest BCUT2D eigenvalue weighted by Gasteiger charge is 2.35. The summed E-state index contributed by atoms with van der Waals surface area (Å²) in [5.74, 6) is 0.335. The van der Waals surface area contributed by atoms with Gasteiger partial charge in [0.15, 0.2) is 0 Å². The number of carbonyl (C=O) groups excluding carboxylic acids is 1. The molecule has 0 bridgehead atoms. The van der Waals surface area contributed by atoms with Gasteiger partial charge in [0.2, 0.25) is 10.0 Å². The Hall–Kier alpha value is -2.34. The number of benzene rings is 2. The van der Waals surface area contributed by atoms with Gasteiger partial charge in [-0.15, -0.1) is 0 Å². The summed E-state index contributed by atoms with van der Waals surface area (Å²) in [5.41, 5.74) is 2.23. The van der Waals surface area contributed by atoms with Gasteiger partial charge < -0.3 is 4.90 Å². The van der Waals surface area contributed by atoms with Crippen LogP contribution in [0.2, 0.25) is 0 Å². The predicted molar refractivity (Wildman–Crippen MR) is 118 cm³/mol. The molecule has 6 heteroatoms. The minimum atomic E-state index is -3.39. The molecule has 3 rings (SSSR count). The highest BCUT2D eigenvalue weighted by atomic mass is 32.2. The van der Waals surface area contributed by atoms with Crippen molar-refractivity contribution in [1.29, 1.82) is 0 Å². The number of hydrogen-bond donors (Lipinski definition) is 1. The molecule has 1 aliphatic rings. The number of hydrogen-bond acceptors (Lipinski definition) is 3. The fourth-order valence-electron chi connectivity index (χ4n) is 4.27. The Morgan fingerprint density at radius 3 is 2.59 bits per heavy atom. The molecule has 1 fully saturated rings. The molecule has 0 unspecified atom stereocenters. The highest BCUT2D eigenvalue weighted by molar-refractivity contribution is 7.92. The van der Waals surface area contributed by atoms with Crippen molar-refractivity contribution in [2.75, 3.05) is 17.0 Å². The van der Waals surface area contributed by atoms with Crippen LogP contribution in [-0.2, 0) is 10.0 Å². The third kappa shape index (κ3) is 5.18. The Labute approximate surface area is 174 Å².